The van der Waals surface area contributed by atoms with Crippen LogP contribution in [0.4, 0.5) is 16.2 Å². The summed E-state index contributed by atoms with van der Waals surface area (Å²) in [6.45, 7) is 9.76. The number of piperidine rings is 1. The fourth-order valence-corrected chi connectivity index (χ4v) is 8.84. The average molecular weight is 753 g/mol. The van der Waals surface area contributed by atoms with Crippen molar-refractivity contribution in [2.24, 2.45) is 11.7 Å². The minimum Gasteiger partial charge on any atom is -0.372 e. The summed E-state index contributed by atoms with van der Waals surface area (Å²) in [5.74, 6) is 0.200. The Bertz CT molecular complexity index is 2470. The highest BCUT2D eigenvalue weighted by atomic mass is 16.5. The normalized spacial score (nSPS) is 18.9. The van der Waals surface area contributed by atoms with Gasteiger partial charge in [-0.05, 0) is 97.7 Å². The molecular weight excluding hydrogens is 709 g/mol. The molecule has 3 aliphatic rings. The second-order valence-electron chi connectivity index (χ2n) is 15.4. The van der Waals surface area contributed by atoms with Gasteiger partial charge in [0.25, 0.3) is 0 Å². The first-order chi connectivity index (χ1) is 27.2. The number of primary amides is 1. The van der Waals surface area contributed by atoms with Gasteiger partial charge in [-0.1, -0.05) is 36.3 Å². The van der Waals surface area contributed by atoms with E-state index in [1.807, 2.05) is 26.0 Å². The molecule has 0 radical (unpaired) electrons. The number of hydrogen-bond acceptors (Lipinski definition) is 10. The quantitative estimate of drug-likeness (QED) is 0.162. The van der Waals surface area contributed by atoms with Crippen LogP contribution >= 0.6 is 0 Å². The number of nitrogens with two attached hydrogens (primary N) is 1. The van der Waals surface area contributed by atoms with Crippen molar-refractivity contribution >= 4 is 51.2 Å². The van der Waals surface area contributed by atoms with Crippen molar-refractivity contribution < 1.29 is 18.9 Å². The number of aromatic nitrogens is 5. The lowest BCUT2D eigenvalue weighted by Gasteiger charge is -2.35. The Morgan fingerprint density at radius 3 is 2.52 bits per heavy atom. The van der Waals surface area contributed by atoms with Crippen LogP contribution in [0.5, 0.6) is 0 Å². The third-order valence-corrected chi connectivity index (χ3v) is 11.9. The average Bonchev–Trinajstić information content (AvgIpc) is 3.97. The number of nitrogens with zero attached hydrogens (tertiary/aromatic N) is 7. The molecule has 0 aliphatic carbocycles. The van der Waals surface area contributed by atoms with E-state index in [-0.39, 0.29) is 23.7 Å². The van der Waals surface area contributed by atoms with Crippen molar-refractivity contribution in [1.29, 1.82) is 0 Å². The molecular formula is C42H44N10O4. The zero-order valence-corrected chi connectivity index (χ0v) is 31.5. The fourth-order valence-electron chi connectivity index (χ4n) is 8.84. The van der Waals surface area contributed by atoms with Crippen LogP contribution in [0.1, 0.15) is 77.6 Å². The molecule has 6 heterocycles. The molecule has 2 atom stereocenters. The summed E-state index contributed by atoms with van der Waals surface area (Å²) in [5, 5.41) is 8.47. The molecule has 56 heavy (non-hydrogen) atoms. The Morgan fingerprint density at radius 1 is 0.964 bits per heavy atom. The van der Waals surface area contributed by atoms with Crippen LogP contribution in [0.2, 0.25) is 0 Å². The smallest absolute Gasteiger partial charge is 0.328 e. The van der Waals surface area contributed by atoms with E-state index in [0.717, 1.165) is 102 Å². The summed E-state index contributed by atoms with van der Waals surface area (Å²) in [4.78, 5) is 59.1. The molecule has 3 aliphatic heterocycles. The van der Waals surface area contributed by atoms with E-state index in [1.54, 1.807) is 11.2 Å². The minimum atomic E-state index is -0.745. The van der Waals surface area contributed by atoms with E-state index >= 15 is 0 Å². The van der Waals surface area contributed by atoms with Crippen molar-refractivity contribution in [2.75, 3.05) is 49.1 Å². The highest BCUT2D eigenvalue weighted by Gasteiger charge is 2.29. The third kappa shape index (κ3) is 6.74. The predicted molar refractivity (Wildman–Crippen MR) is 213 cm³/mol. The molecule has 14 nitrogen and oxygen atoms in total. The molecule has 14 heteroatoms. The number of anilines is 2. The van der Waals surface area contributed by atoms with E-state index in [2.05, 4.69) is 83.8 Å². The summed E-state index contributed by atoms with van der Waals surface area (Å²) in [6, 6.07) is 20.8. The number of benzene rings is 3. The molecule has 3 saturated heterocycles. The standard InChI is InChI=1S/C42H44N10O4/c1-24-19-28(4-9-32(24)25(2)39-48-41(38(43)54)56-49-39)37-36-33-10-3-27(20-34(33)46-40(36)45-23-44-37)29-13-15-50(22-29)21-26-11-16-51(17-12-26)30-5-7-31(8-6-30)52-18-14-35(53)47-42(52)55/h3-10,19-20,23,25-26,29H,11-18,21-22H2,1-2H3,(H2,43,54)(H,44,45,46)(H,47,53,55)/t25-,29-/m1/s1. The van der Waals surface area contributed by atoms with Crippen LogP contribution in [0.3, 0.4) is 0 Å². The molecule has 9 rings (SSSR count). The Balaban J connectivity index is 0.835. The minimum absolute atomic E-state index is 0.193. The summed E-state index contributed by atoms with van der Waals surface area (Å²) >= 11 is 0. The largest absolute Gasteiger partial charge is 0.372 e. The van der Waals surface area contributed by atoms with E-state index in [0.29, 0.717) is 30.6 Å². The number of aryl methyl sites for hydroxylation is 1. The SMILES string of the molecule is Cc1cc(-c2ncnc3[nH]c4cc([C@@H]5CCN(CC6CCN(c7ccc(N8CCC(=O)NC8=O)cc7)CC6)C5)ccc4c23)ccc1[C@@H](C)c1noc(C(N)=O)n1. The van der Waals surface area contributed by atoms with Gasteiger partial charge in [0.2, 0.25) is 5.91 Å². The maximum atomic E-state index is 12.2. The molecule has 4 amide bonds. The number of amides is 4. The first-order valence-electron chi connectivity index (χ1n) is 19.4. The zero-order valence-electron chi connectivity index (χ0n) is 31.5. The lowest BCUT2D eigenvalue weighted by Crippen LogP contribution is -2.49. The number of rotatable bonds is 9. The number of fused-ring (bicyclic) bond motifs is 3. The molecule has 0 bridgehead atoms. The monoisotopic (exact) mass is 752 g/mol. The van der Waals surface area contributed by atoms with Crippen molar-refractivity contribution in [3.63, 3.8) is 0 Å². The van der Waals surface area contributed by atoms with Gasteiger partial charge in [0.15, 0.2) is 5.82 Å². The summed E-state index contributed by atoms with van der Waals surface area (Å²) in [5.41, 5.74) is 14.4. The van der Waals surface area contributed by atoms with E-state index < -0.39 is 5.91 Å². The number of aromatic amines is 1. The van der Waals surface area contributed by atoms with Gasteiger partial charge in [0, 0.05) is 72.9 Å². The van der Waals surface area contributed by atoms with Crippen molar-refractivity contribution in [3.8, 4) is 11.3 Å². The van der Waals surface area contributed by atoms with Gasteiger partial charge < -0.3 is 25.0 Å². The molecule has 3 fully saturated rings. The molecule has 3 aromatic heterocycles. The van der Waals surface area contributed by atoms with Crippen molar-refractivity contribution in [1.82, 2.24) is 35.3 Å². The number of hydrogen-bond donors (Lipinski definition) is 3. The Morgan fingerprint density at radius 2 is 1.77 bits per heavy atom. The van der Waals surface area contributed by atoms with Crippen LogP contribution in [-0.2, 0) is 4.79 Å². The highest BCUT2D eigenvalue weighted by molar-refractivity contribution is 6.12. The molecule has 3 aromatic carbocycles. The first-order valence-corrected chi connectivity index (χ1v) is 19.4. The van der Waals surface area contributed by atoms with Gasteiger partial charge >= 0.3 is 17.8 Å². The molecule has 4 N–H and O–H groups in total. The lowest BCUT2D eigenvalue weighted by atomic mass is 9.92. The molecule has 0 spiro atoms. The van der Waals surface area contributed by atoms with Crippen LogP contribution in [0.25, 0.3) is 33.2 Å². The van der Waals surface area contributed by atoms with Gasteiger partial charge in [-0.3, -0.25) is 19.8 Å². The van der Waals surface area contributed by atoms with Gasteiger partial charge in [-0.15, -0.1) is 0 Å². The number of urea groups is 1. The van der Waals surface area contributed by atoms with Crippen LogP contribution in [-0.4, -0.2) is 87.1 Å². The van der Waals surface area contributed by atoms with E-state index in [4.69, 9.17) is 15.2 Å². The summed E-state index contributed by atoms with van der Waals surface area (Å²) in [7, 11) is 0. The second kappa shape index (κ2) is 14.5. The number of carbonyl (C=O) groups excluding carboxylic acids is 3. The van der Waals surface area contributed by atoms with Crippen LogP contribution < -0.4 is 20.9 Å². The molecule has 286 valence electrons. The number of H-pyrrole nitrogens is 1. The Labute approximate surface area is 323 Å². The molecule has 6 aromatic rings. The Hall–Kier alpha value is -6.15. The van der Waals surface area contributed by atoms with E-state index in [9.17, 15) is 14.4 Å². The van der Waals surface area contributed by atoms with Gasteiger partial charge in [0.1, 0.15) is 12.0 Å². The lowest BCUT2D eigenvalue weighted by molar-refractivity contribution is -0.120. The predicted octanol–water partition coefficient (Wildman–Crippen LogP) is 5.87. The number of imide groups is 1. The summed E-state index contributed by atoms with van der Waals surface area (Å²) in [6.07, 6.45) is 5.39. The van der Waals surface area contributed by atoms with Crippen LogP contribution in [0, 0.1) is 12.8 Å². The fraction of sp³-hybridized carbons (Fsp3) is 0.357. The number of carbonyl (C=O) groups is 3. The molecule has 0 unspecified atom stereocenters. The van der Waals surface area contributed by atoms with Gasteiger partial charge in [-0.2, -0.15) is 4.98 Å². The van der Waals surface area contributed by atoms with Crippen molar-refractivity contribution in [2.45, 2.75) is 51.4 Å². The Kier molecular flexibility index (Phi) is 9.20. The van der Waals surface area contributed by atoms with Gasteiger partial charge in [0.05, 0.1) is 11.1 Å². The van der Waals surface area contributed by atoms with Crippen LogP contribution in [0.15, 0.2) is 71.5 Å². The van der Waals surface area contributed by atoms with Gasteiger partial charge in [-0.25, -0.2) is 14.8 Å². The van der Waals surface area contributed by atoms with E-state index in [1.165, 1.54) is 11.3 Å². The maximum absolute atomic E-state index is 12.2. The first kappa shape index (κ1) is 35.5. The second-order valence-corrected chi connectivity index (χ2v) is 15.4. The zero-order chi connectivity index (χ0) is 38.5. The molecule has 0 saturated carbocycles. The third-order valence-electron chi connectivity index (χ3n) is 11.9. The maximum Gasteiger partial charge on any atom is 0.328 e. The summed E-state index contributed by atoms with van der Waals surface area (Å²) < 4.78 is 5.02. The highest BCUT2D eigenvalue weighted by Crippen LogP contribution is 2.37. The number of likely N-dealkylation sites (tertiary alicyclic amines) is 1. The topological polar surface area (TPSA) is 179 Å². The number of nitrogens with one attached hydrogen (secondary N) is 2. The van der Waals surface area contributed by atoms with Crippen molar-refractivity contribution in [3.05, 3.63) is 95.4 Å².